The summed E-state index contributed by atoms with van der Waals surface area (Å²) in [6.45, 7) is 2.94. The van der Waals surface area contributed by atoms with Gasteiger partial charge in [0.25, 0.3) is 0 Å². The van der Waals surface area contributed by atoms with Gasteiger partial charge < -0.3 is 19.3 Å². The lowest BCUT2D eigenvalue weighted by atomic mass is 10.1. The van der Waals surface area contributed by atoms with Gasteiger partial charge in [-0.25, -0.2) is 4.39 Å². The van der Waals surface area contributed by atoms with Crippen LogP contribution >= 0.6 is 0 Å². The highest BCUT2D eigenvalue weighted by atomic mass is 19.1. The van der Waals surface area contributed by atoms with Crippen molar-refractivity contribution in [2.24, 2.45) is 5.92 Å². The number of amides is 2. The zero-order valence-electron chi connectivity index (χ0n) is 16.9. The molecule has 6 nitrogen and oxygen atoms in total. The second-order valence-corrected chi connectivity index (χ2v) is 6.93. The van der Waals surface area contributed by atoms with E-state index in [9.17, 15) is 14.0 Å². The number of hydrogen-bond donors (Lipinski definition) is 0. The fourth-order valence-electron chi connectivity index (χ4n) is 3.57. The van der Waals surface area contributed by atoms with Crippen molar-refractivity contribution < 1.29 is 23.5 Å². The molecular weight excluding hydrogens is 375 g/mol. The third-order valence-electron chi connectivity index (χ3n) is 5.11. The van der Waals surface area contributed by atoms with Gasteiger partial charge in [0.15, 0.2) is 0 Å². The molecule has 1 saturated heterocycles. The second kappa shape index (κ2) is 8.94. The first-order chi connectivity index (χ1) is 14.0. The predicted octanol–water partition coefficient (Wildman–Crippen LogP) is 3.24. The van der Waals surface area contributed by atoms with E-state index in [0.717, 1.165) is 5.56 Å². The minimum atomic E-state index is -0.456. The number of carbonyl (C=O) groups is 2. The van der Waals surface area contributed by atoms with Gasteiger partial charge in [-0.3, -0.25) is 9.59 Å². The number of hydrogen-bond acceptors (Lipinski definition) is 4. The van der Waals surface area contributed by atoms with Crippen LogP contribution in [-0.2, 0) is 16.1 Å². The van der Waals surface area contributed by atoms with E-state index >= 15 is 0 Å². The summed E-state index contributed by atoms with van der Waals surface area (Å²) in [6, 6.07) is 11.4. The van der Waals surface area contributed by atoms with E-state index in [-0.39, 0.29) is 30.6 Å². The average Bonchev–Trinajstić information content (AvgIpc) is 3.12. The maximum absolute atomic E-state index is 13.5. The third-order valence-corrected chi connectivity index (χ3v) is 5.11. The van der Waals surface area contributed by atoms with Gasteiger partial charge in [-0.1, -0.05) is 12.1 Å². The van der Waals surface area contributed by atoms with Crippen LogP contribution in [0.25, 0.3) is 0 Å². The van der Waals surface area contributed by atoms with Crippen molar-refractivity contribution in [2.75, 3.05) is 32.2 Å². The molecule has 2 aromatic carbocycles. The number of nitrogens with zero attached hydrogens (tertiary/aromatic N) is 2. The lowest BCUT2D eigenvalue weighted by molar-refractivity contribution is -0.136. The van der Waals surface area contributed by atoms with Crippen LogP contribution in [0.2, 0.25) is 0 Å². The maximum Gasteiger partial charge on any atom is 0.228 e. The molecule has 7 heteroatoms. The van der Waals surface area contributed by atoms with Crippen molar-refractivity contribution in [3.8, 4) is 11.5 Å². The molecule has 0 bridgehead atoms. The summed E-state index contributed by atoms with van der Waals surface area (Å²) in [5.74, 6) is 0.103. The maximum atomic E-state index is 13.5. The van der Waals surface area contributed by atoms with Crippen LogP contribution < -0.4 is 14.4 Å². The Morgan fingerprint density at radius 3 is 2.66 bits per heavy atom. The van der Waals surface area contributed by atoms with Crippen molar-refractivity contribution in [1.29, 1.82) is 0 Å². The summed E-state index contributed by atoms with van der Waals surface area (Å²) in [5, 5.41) is 0. The van der Waals surface area contributed by atoms with Crippen molar-refractivity contribution in [2.45, 2.75) is 19.9 Å². The molecule has 1 aliphatic heterocycles. The molecule has 1 fully saturated rings. The number of methoxy groups -OCH3 is 2. The SMILES string of the molecule is CCN(Cc1cccc(F)c1)C(=O)C1CC(=O)N(c2ccc(OC)cc2OC)C1. The molecule has 1 aliphatic rings. The lowest BCUT2D eigenvalue weighted by Gasteiger charge is -2.25. The van der Waals surface area contributed by atoms with Crippen molar-refractivity contribution in [3.05, 3.63) is 53.8 Å². The molecule has 1 atom stereocenters. The minimum Gasteiger partial charge on any atom is -0.497 e. The predicted molar refractivity (Wildman–Crippen MR) is 107 cm³/mol. The van der Waals surface area contributed by atoms with E-state index in [1.165, 1.54) is 19.2 Å². The number of rotatable bonds is 7. The molecule has 2 amide bonds. The van der Waals surface area contributed by atoms with Crippen LogP contribution in [0.3, 0.4) is 0 Å². The first-order valence-corrected chi connectivity index (χ1v) is 9.52. The zero-order valence-corrected chi connectivity index (χ0v) is 16.9. The molecule has 0 N–H and O–H groups in total. The Balaban J connectivity index is 1.75. The summed E-state index contributed by atoms with van der Waals surface area (Å²) in [6.07, 6.45) is 0.133. The van der Waals surface area contributed by atoms with Crippen LogP contribution in [0, 0.1) is 11.7 Å². The molecule has 29 heavy (non-hydrogen) atoms. The van der Waals surface area contributed by atoms with Gasteiger partial charge in [-0.2, -0.15) is 0 Å². The normalized spacial score (nSPS) is 16.1. The van der Waals surface area contributed by atoms with Crippen LogP contribution in [-0.4, -0.2) is 44.0 Å². The molecule has 2 aromatic rings. The van der Waals surface area contributed by atoms with E-state index in [1.54, 1.807) is 47.2 Å². The van der Waals surface area contributed by atoms with Crippen LogP contribution in [0.5, 0.6) is 11.5 Å². The van der Waals surface area contributed by atoms with Gasteiger partial charge in [-0.15, -0.1) is 0 Å². The number of carbonyl (C=O) groups excluding carboxylic acids is 2. The quantitative estimate of drug-likeness (QED) is 0.716. The van der Waals surface area contributed by atoms with Crippen LogP contribution in [0.4, 0.5) is 10.1 Å². The lowest BCUT2D eigenvalue weighted by Crippen LogP contribution is -2.37. The van der Waals surface area contributed by atoms with Crippen molar-refractivity contribution in [1.82, 2.24) is 4.90 Å². The smallest absolute Gasteiger partial charge is 0.228 e. The summed E-state index contributed by atoms with van der Waals surface area (Å²) in [7, 11) is 3.08. The van der Waals surface area contributed by atoms with E-state index in [2.05, 4.69) is 0 Å². The molecule has 154 valence electrons. The topological polar surface area (TPSA) is 59.1 Å². The Bertz CT molecular complexity index is 902. The standard InChI is InChI=1S/C22H25FN2O4/c1-4-24(13-15-6-5-7-17(23)10-15)22(27)16-11-21(26)25(14-16)19-9-8-18(28-2)12-20(19)29-3/h5-10,12,16H,4,11,13-14H2,1-3H3. The van der Waals surface area contributed by atoms with Gasteiger partial charge in [0, 0.05) is 32.1 Å². The molecule has 0 aliphatic carbocycles. The number of benzene rings is 2. The van der Waals surface area contributed by atoms with E-state index in [4.69, 9.17) is 9.47 Å². The molecule has 3 rings (SSSR count). The molecule has 0 spiro atoms. The molecule has 0 aromatic heterocycles. The van der Waals surface area contributed by atoms with E-state index in [1.807, 2.05) is 6.92 Å². The fourth-order valence-corrected chi connectivity index (χ4v) is 3.57. The summed E-state index contributed by atoms with van der Waals surface area (Å²) < 4.78 is 24.1. The molecule has 1 heterocycles. The second-order valence-electron chi connectivity index (χ2n) is 6.93. The first kappa shape index (κ1) is 20.6. The van der Waals surface area contributed by atoms with Crippen LogP contribution in [0.15, 0.2) is 42.5 Å². The Hall–Kier alpha value is -3.09. The van der Waals surface area contributed by atoms with E-state index in [0.29, 0.717) is 30.3 Å². The van der Waals surface area contributed by atoms with E-state index < -0.39 is 5.92 Å². The third kappa shape index (κ3) is 4.50. The van der Waals surface area contributed by atoms with Crippen LogP contribution in [0.1, 0.15) is 18.9 Å². The number of ether oxygens (including phenoxy) is 2. The zero-order chi connectivity index (χ0) is 21.0. The van der Waals surface area contributed by atoms with Gasteiger partial charge >= 0.3 is 0 Å². The number of anilines is 1. The average molecular weight is 400 g/mol. The van der Waals surface area contributed by atoms with Gasteiger partial charge in [0.1, 0.15) is 17.3 Å². The molecule has 1 unspecified atom stereocenters. The molecular formula is C22H25FN2O4. The summed E-state index contributed by atoms with van der Waals surface area (Å²) >= 11 is 0. The number of halogens is 1. The molecule has 0 radical (unpaired) electrons. The van der Waals surface area contributed by atoms with Gasteiger partial charge in [-0.05, 0) is 36.8 Å². The minimum absolute atomic E-state index is 0.111. The Morgan fingerprint density at radius 2 is 2.00 bits per heavy atom. The highest BCUT2D eigenvalue weighted by molar-refractivity contribution is 6.01. The Morgan fingerprint density at radius 1 is 1.21 bits per heavy atom. The largest absolute Gasteiger partial charge is 0.497 e. The highest BCUT2D eigenvalue weighted by Gasteiger charge is 2.38. The fraction of sp³-hybridized carbons (Fsp3) is 0.364. The summed E-state index contributed by atoms with van der Waals surface area (Å²) in [4.78, 5) is 28.9. The highest BCUT2D eigenvalue weighted by Crippen LogP contribution is 2.36. The van der Waals surface area contributed by atoms with Crippen molar-refractivity contribution >= 4 is 17.5 Å². The Kier molecular flexibility index (Phi) is 6.36. The molecule has 0 saturated carbocycles. The first-order valence-electron chi connectivity index (χ1n) is 9.52. The van der Waals surface area contributed by atoms with Gasteiger partial charge in [0.2, 0.25) is 11.8 Å². The monoisotopic (exact) mass is 400 g/mol. The summed E-state index contributed by atoms with van der Waals surface area (Å²) in [5.41, 5.74) is 1.33. The van der Waals surface area contributed by atoms with Gasteiger partial charge in [0.05, 0.1) is 25.8 Å². The van der Waals surface area contributed by atoms with Crippen molar-refractivity contribution in [3.63, 3.8) is 0 Å². The Labute approximate surface area is 169 Å².